The maximum atomic E-state index is 12.5. The molecule has 0 heterocycles. The maximum absolute atomic E-state index is 12.5. The van der Waals surface area contributed by atoms with Crippen molar-refractivity contribution < 1.29 is 4.79 Å². The van der Waals surface area contributed by atoms with E-state index >= 15 is 0 Å². The molecule has 2 nitrogen and oxygen atoms in total. The summed E-state index contributed by atoms with van der Waals surface area (Å²) in [5.74, 6) is 0.128. The Kier molecular flexibility index (Phi) is 5.46. The highest BCUT2D eigenvalue weighted by Gasteiger charge is 2.14. The molecule has 0 amide bonds. The average molecular weight is 255 g/mol. The van der Waals surface area contributed by atoms with Crippen molar-refractivity contribution in [1.82, 2.24) is 6.15 Å². The van der Waals surface area contributed by atoms with Crippen molar-refractivity contribution in [1.29, 1.82) is 0 Å². The first kappa shape index (κ1) is 15.1. The van der Waals surface area contributed by atoms with Gasteiger partial charge in [-0.05, 0) is 24.0 Å². The van der Waals surface area contributed by atoms with Gasteiger partial charge >= 0.3 is 0 Å². The number of ketones is 1. The molecule has 2 rings (SSSR count). The second kappa shape index (κ2) is 6.86. The van der Waals surface area contributed by atoms with E-state index in [4.69, 9.17) is 0 Å². The van der Waals surface area contributed by atoms with Gasteiger partial charge in [0, 0.05) is 11.1 Å². The van der Waals surface area contributed by atoms with Crippen molar-refractivity contribution in [3.05, 3.63) is 70.8 Å². The van der Waals surface area contributed by atoms with Crippen LogP contribution in [0.1, 0.15) is 40.9 Å². The summed E-state index contributed by atoms with van der Waals surface area (Å²) >= 11 is 0. The summed E-state index contributed by atoms with van der Waals surface area (Å²) in [6.07, 6.45) is 1.87. The smallest absolute Gasteiger partial charge is 0.193 e. The Hall–Kier alpha value is -1.93. The third-order valence-electron chi connectivity index (χ3n) is 3.29. The van der Waals surface area contributed by atoms with Crippen LogP contribution in [0.4, 0.5) is 0 Å². The average Bonchev–Trinajstić information content (AvgIpc) is 2.46. The van der Waals surface area contributed by atoms with Crippen LogP contribution < -0.4 is 6.15 Å². The van der Waals surface area contributed by atoms with Crippen LogP contribution in [0.15, 0.2) is 48.5 Å². The lowest BCUT2D eigenvalue weighted by atomic mass is 9.92. The van der Waals surface area contributed by atoms with Gasteiger partial charge in [-0.2, -0.15) is 0 Å². The molecule has 100 valence electrons. The van der Waals surface area contributed by atoms with Gasteiger partial charge in [0.2, 0.25) is 0 Å². The van der Waals surface area contributed by atoms with Crippen LogP contribution in [0.3, 0.4) is 0 Å². The van der Waals surface area contributed by atoms with Crippen LogP contribution in [0.5, 0.6) is 0 Å². The quantitative estimate of drug-likeness (QED) is 0.832. The monoisotopic (exact) mass is 255 g/mol. The van der Waals surface area contributed by atoms with Crippen molar-refractivity contribution in [2.45, 2.75) is 26.7 Å². The highest BCUT2D eigenvalue weighted by atomic mass is 16.1. The second-order valence-electron chi connectivity index (χ2n) is 4.35. The van der Waals surface area contributed by atoms with Gasteiger partial charge in [-0.15, -0.1) is 0 Å². The zero-order valence-electron chi connectivity index (χ0n) is 11.6. The van der Waals surface area contributed by atoms with Crippen LogP contribution in [0.2, 0.25) is 0 Å². The molecule has 0 spiro atoms. The minimum atomic E-state index is 0. The number of hydrogen-bond acceptors (Lipinski definition) is 2. The summed E-state index contributed by atoms with van der Waals surface area (Å²) in [7, 11) is 0. The van der Waals surface area contributed by atoms with E-state index < -0.39 is 0 Å². The summed E-state index contributed by atoms with van der Waals surface area (Å²) in [6, 6.07) is 15.5. The number of carbonyl (C=O) groups excluding carboxylic acids is 1. The molecule has 0 aromatic heterocycles. The fourth-order valence-corrected chi connectivity index (χ4v) is 2.34. The third-order valence-corrected chi connectivity index (χ3v) is 3.29. The molecule has 3 N–H and O–H groups in total. The predicted octanol–water partition coefficient (Wildman–Crippen LogP) is 4.20. The summed E-state index contributed by atoms with van der Waals surface area (Å²) in [6.45, 7) is 4.24. The summed E-state index contributed by atoms with van der Waals surface area (Å²) in [5, 5.41) is 0. The number of rotatable bonds is 4. The molecule has 0 aliphatic carbocycles. The van der Waals surface area contributed by atoms with E-state index in [0.29, 0.717) is 0 Å². The van der Waals surface area contributed by atoms with Gasteiger partial charge in [0.15, 0.2) is 5.78 Å². The topological polar surface area (TPSA) is 52.1 Å². The largest absolute Gasteiger partial charge is 0.344 e. The molecule has 0 saturated heterocycles. The highest BCUT2D eigenvalue weighted by molar-refractivity contribution is 6.10. The van der Waals surface area contributed by atoms with E-state index in [2.05, 4.69) is 19.9 Å². The van der Waals surface area contributed by atoms with E-state index in [-0.39, 0.29) is 11.9 Å². The molecule has 0 radical (unpaired) electrons. The van der Waals surface area contributed by atoms with Crippen molar-refractivity contribution in [2.24, 2.45) is 0 Å². The Morgan fingerprint density at radius 2 is 1.58 bits per heavy atom. The molecule has 0 unspecified atom stereocenters. The Bertz CT molecular complexity index is 546. The van der Waals surface area contributed by atoms with Gasteiger partial charge in [0.05, 0.1) is 0 Å². The zero-order valence-corrected chi connectivity index (χ0v) is 11.6. The third kappa shape index (κ3) is 3.09. The van der Waals surface area contributed by atoms with E-state index in [0.717, 1.165) is 24.0 Å². The fourth-order valence-electron chi connectivity index (χ4n) is 2.34. The molecule has 0 fully saturated rings. The van der Waals surface area contributed by atoms with Gasteiger partial charge < -0.3 is 6.15 Å². The van der Waals surface area contributed by atoms with Crippen molar-refractivity contribution >= 4 is 5.78 Å². The number of hydrogen-bond donors (Lipinski definition) is 1. The lowest BCUT2D eigenvalue weighted by Crippen LogP contribution is -2.07. The highest BCUT2D eigenvalue weighted by Crippen LogP contribution is 2.19. The van der Waals surface area contributed by atoms with Gasteiger partial charge in [-0.3, -0.25) is 4.79 Å². The molecule has 2 aromatic carbocycles. The lowest BCUT2D eigenvalue weighted by molar-refractivity contribution is 0.103. The number of carbonyl (C=O) groups is 1. The van der Waals surface area contributed by atoms with Crippen LogP contribution in [0.25, 0.3) is 0 Å². The van der Waals surface area contributed by atoms with Crippen LogP contribution in [-0.4, -0.2) is 5.78 Å². The molecule has 0 aliphatic rings. The van der Waals surface area contributed by atoms with E-state index in [1.807, 2.05) is 42.5 Å². The summed E-state index contributed by atoms with van der Waals surface area (Å²) < 4.78 is 0. The molecule has 0 bridgehead atoms. The first-order chi connectivity index (χ1) is 8.77. The molecule has 0 saturated carbocycles. The zero-order chi connectivity index (χ0) is 13.0. The maximum Gasteiger partial charge on any atom is 0.193 e. The Morgan fingerprint density at radius 1 is 0.895 bits per heavy atom. The fraction of sp³-hybridized carbons (Fsp3) is 0.235. The molecule has 19 heavy (non-hydrogen) atoms. The summed E-state index contributed by atoms with van der Waals surface area (Å²) in [4.78, 5) is 12.5. The van der Waals surface area contributed by atoms with Gasteiger partial charge in [-0.25, -0.2) is 0 Å². The molecular formula is C17H21NO. The van der Waals surface area contributed by atoms with Crippen LogP contribution in [-0.2, 0) is 12.8 Å². The lowest BCUT2D eigenvalue weighted by Gasteiger charge is -2.11. The Balaban J connectivity index is 0.00000180. The van der Waals surface area contributed by atoms with Crippen molar-refractivity contribution in [2.75, 3.05) is 0 Å². The first-order valence-electron chi connectivity index (χ1n) is 6.48. The first-order valence-corrected chi connectivity index (χ1v) is 6.48. The molecule has 0 atom stereocenters. The second-order valence-corrected chi connectivity index (χ2v) is 4.35. The Labute approximate surface area is 115 Å². The molecular weight excluding hydrogens is 234 g/mol. The van der Waals surface area contributed by atoms with E-state index in [9.17, 15) is 4.79 Å². The van der Waals surface area contributed by atoms with Gasteiger partial charge in [-0.1, -0.05) is 62.4 Å². The molecule has 2 heteroatoms. The minimum absolute atomic E-state index is 0. The van der Waals surface area contributed by atoms with Crippen molar-refractivity contribution in [3.8, 4) is 0 Å². The standard InChI is InChI=1S/C17H18O.H3N/c1-3-13-11-8-12-16(15(13)4-2)17(18)14-9-6-5-7-10-14;/h5-12H,3-4H2,1-2H3;1H3. The van der Waals surface area contributed by atoms with Gasteiger partial charge in [0.1, 0.15) is 0 Å². The normalized spacial score (nSPS) is 9.79. The summed E-state index contributed by atoms with van der Waals surface area (Å²) in [5.41, 5.74) is 4.08. The van der Waals surface area contributed by atoms with E-state index in [1.54, 1.807) is 0 Å². The SMILES string of the molecule is CCc1cccc(C(=O)c2ccccc2)c1CC.N. The van der Waals surface area contributed by atoms with Crippen LogP contribution >= 0.6 is 0 Å². The minimum Gasteiger partial charge on any atom is -0.344 e. The Morgan fingerprint density at radius 3 is 2.16 bits per heavy atom. The number of benzene rings is 2. The van der Waals surface area contributed by atoms with Gasteiger partial charge in [0.25, 0.3) is 0 Å². The van der Waals surface area contributed by atoms with Crippen molar-refractivity contribution in [3.63, 3.8) is 0 Å². The predicted molar refractivity (Wildman–Crippen MR) is 80.1 cm³/mol. The number of aryl methyl sites for hydroxylation is 1. The van der Waals surface area contributed by atoms with E-state index in [1.165, 1.54) is 11.1 Å². The van der Waals surface area contributed by atoms with Crippen LogP contribution in [0, 0.1) is 0 Å². The molecule has 2 aromatic rings. The molecule has 0 aliphatic heterocycles.